The van der Waals surface area contributed by atoms with E-state index in [0.29, 0.717) is 0 Å². The molecule has 0 radical (unpaired) electrons. The molecule has 2 atom stereocenters. The summed E-state index contributed by atoms with van der Waals surface area (Å²) in [6.45, 7) is -0.0267. The maximum atomic E-state index is 12.8. The van der Waals surface area contributed by atoms with Crippen LogP contribution in [-0.4, -0.2) is 29.9 Å². The van der Waals surface area contributed by atoms with Crippen LogP contribution in [0.4, 0.5) is 13.2 Å². The molecular formula is C11H13ClF3NO2. The molecule has 0 amide bonds. The Morgan fingerprint density at radius 3 is 2.44 bits per heavy atom. The van der Waals surface area contributed by atoms with Crippen molar-refractivity contribution in [1.29, 1.82) is 0 Å². The Labute approximate surface area is 107 Å². The van der Waals surface area contributed by atoms with E-state index < -0.39 is 29.5 Å². The van der Waals surface area contributed by atoms with Gasteiger partial charge in [-0.25, -0.2) is 0 Å². The number of alkyl halides is 3. The lowest BCUT2D eigenvalue weighted by Gasteiger charge is -2.21. The number of likely N-dealkylation sites (N-methyl/N-ethyl adjacent to an activating group) is 1. The molecule has 0 bridgehead atoms. The van der Waals surface area contributed by atoms with Gasteiger partial charge in [0, 0.05) is 11.6 Å². The molecule has 0 fully saturated rings. The van der Waals surface area contributed by atoms with E-state index >= 15 is 0 Å². The second-order valence-electron chi connectivity index (χ2n) is 3.80. The number of nitrogens with one attached hydrogen (secondary N) is 1. The molecular weight excluding hydrogens is 271 g/mol. The van der Waals surface area contributed by atoms with Gasteiger partial charge in [-0.15, -0.1) is 0 Å². The van der Waals surface area contributed by atoms with Crippen LogP contribution in [0.25, 0.3) is 0 Å². The summed E-state index contributed by atoms with van der Waals surface area (Å²) in [6.07, 6.45) is -7.61. The zero-order chi connectivity index (χ0) is 13.9. The first-order chi connectivity index (χ1) is 8.27. The fraction of sp³-hybridized carbons (Fsp3) is 0.455. The maximum absolute atomic E-state index is 12.8. The molecule has 1 aromatic rings. The number of hydrogen-bond donors (Lipinski definition) is 3. The highest BCUT2D eigenvalue weighted by Crippen LogP contribution is 2.36. The van der Waals surface area contributed by atoms with E-state index in [1.165, 1.54) is 13.1 Å². The van der Waals surface area contributed by atoms with Crippen LogP contribution in [0, 0.1) is 0 Å². The third kappa shape index (κ3) is 3.58. The number of rotatable bonds is 4. The maximum Gasteiger partial charge on any atom is 0.416 e. The monoisotopic (exact) mass is 283 g/mol. The summed E-state index contributed by atoms with van der Waals surface area (Å²) in [4.78, 5) is 0. The predicted molar refractivity (Wildman–Crippen MR) is 61.3 cm³/mol. The molecule has 2 unspecified atom stereocenters. The summed E-state index contributed by atoms with van der Waals surface area (Å²) < 4.78 is 38.3. The van der Waals surface area contributed by atoms with Crippen LogP contribution < -0.4 is 5.32 Å². The minimum atomic E-state index is -4.64. The van der Waals surface area contributed by atoms with Crippen molar-refractivity contribution in [1.82, 2.24) is 5.32 Å². The molecule has 3 N–H and O–H groups in total. The van der Waals surface area contributed by atoms with Gasteiger partial charge in [0.1, 0.15) is 6.10 Å². The Morgan fingerprint density at radius 2 is 1.94 bits per heavy atom. The first kappa shape index (κ1) is 15.2. The zero-order valence-corrected chi connectivity index (χ0v) is 10.3. The van der Waals surface area contributed by atoms with Crippen LogP contribution in [0.3, 0.4) is 0 Å². The molecule has 1 aromatic carbocycles. The lowest BCUT2D eigenvalue weighted by molar-refractivity contribution is -0.139. The quantitative estimate of drug-likeness (QED) is 0.792. The highest BCUT2D eigenvalue weighted by atomic mass is 35.5. The third-order valence-electron chi connectivity index (χ3n) is 2.42. The normalized spacial score (nSPS) is 15.5. The minimum Gasteiger partial charge on any atom is -0.389 e. The highest BCUT2D eigenvalue weighted by Gasteiger charge is 2.36. The number of aliphatic hydroxyl groups is 2. The zero-order valence-electron chi connectivity index (χ0n) is 9.50. The van der Waals surface area contributed by atoms with Gasteiger partial charge in [-0.2, -0.15) is 13.2 Å². The molecule has 0 aromatic heterocycles. The van der Waals surface area contributed by atoms with E-state index in [9.17, 15) is 23.4 Å². The second-order valence-corrected chi connectivity index (χ2v) is 4.24. The van der Waals surface area contributed by atoms with Crippen molar-refractivity contribution >= 4 is 11.6 Å². The summed E-state index contributed by atoms with van der Waals surface area (Å²) in [6, 6.07) is 3.03. The van der Waals surface area contributed by atoms with E-state index in [1.807, 2.05) is 0 Å². The average molecular weight is 284 g/mol. The van der Waals surface area contributed by atoms with E-state index in [1.54, 1.807) is 0 Å². The van der Waals surface area contributed by atoms with Crippen LogP contribution in [0.15, 0.2) is 18.2 Å². The summed E-state index contributed by atoms with van der Waals surface area (Å²) in [5.74, 6) is 0. The van der Waals surface area contributed by atoms with Crippen LogP contribution in [0.5, 0.6) is 0 Å². The van der Waals surface area contributed by atoms with Gasteiger partial charge in [-0.1, -0.05) is 17.7 Å². The van der Waals surface area contributed by atoms with E-state index in [0.717, 1.165) is 12.1 Å². The Bertz CT molecular complexity index is 412. The Morgan fingerprint density at radius 1 is 1.33 bits per heavy atom. The van der Waals surface area contributed by atoms with Crippen molar-refractivity contribution in [2.45, 2.75) is 18.4 Å². The first-order valence-corrected chi connectivity index (χ1v) is 5.52. The molecule has 18 heavy (non-hydrogen) atoms. The number of hydrogen-bond acceptors (Lipinski definition) is 3. The fourth-order valence-electron chi connectivity index (χ4n) is 1.56. The largest absolute Gasteiger partial charge is 0.416 e. The molecule has 0 aliphatic heterocycles. The van der Waals surface area contributed by atoms with Crippen molar-refractivity contribution in [3.63, 3.8) is 0 Å². The highest BCUT2D eigenvalue weighted by molar-refractivity contribution is 6.30. The van der Waals surface area contributed by atoms with Crippen molar-refractivity contribution in [2.75, 3.05) is 13.6 Å². The van der Waals surface area contributed by atoms with Crippen molar-refractivity contribution in [3.8, 4) is 0 Å². The number of benzene rings is 1. The van der Waals surface area contributed by atoms with Crippen molar-refractivity contribution < 1.29 is 23.4 Å². The molecule has 7 heteroatoms. The summed E-state index contributed by atoms with van der Waals surface area (Å²) in [5, 5.41) is 21.7. The standard InChI is InChI=1S/C11H13ClF3NO2/c1-16-5-9(17)10(18)7-3-2-6(12)4-8(7)11(13,14)15/h2-4,9-10,16-18H,5H2,1H3. The summed E-state index contributed by atoms with van der Waals surface area (Å²) in [5.41, 5.74) is -1.44. The second kappa shape index (κ2) is 5.88. The smallest absolute Gasteiger partial charge is 0.389 e. The van der Waals surface area contributed by atoms with Crippen LogP contribution in [0.2, 0.25) is 5.02 Å². The average Bonchev–Trinajstić information content (AvgIpc) is 2.27. The van der Waals surface area contributed by atoms with E-state index in [-0.39, 0.29) is 11.6 Å². The molecule has 0 spiro atoms. The SMILES string of the molecule is CNCC(O)C(O)c1ccc(Cl)cc1C(F)(F)F. The molecule has 0 saturated carbocycles. The van der Waals surface area contributed by atoms with Gasteiger partial charge in [-0.05, 0) is 24.7 Å². The van der Waals surface area contributed by atoms with E-state index in [4.69, 9.17) is 11.6 Å². The topological polar surface area (TPSA) is 52.5 Å². The first-order valence-electron chi connectivity index (χ1n) is 5.14. The van der Waals surface area contributed by atoms with Gasteiger partial charge in [-0.3, -0.25) is 0 Å². The number of aliphatic hydroxyl groups excluding tert-OH is 2. The van der Waals surface area contributed by atoms with Gasteiger partial charge in [0.15, 0.2) is 0 Å². The van der Waals surface area contributed by atoms with Crippen LogP contribution in [0.1, 0.15) is 17.2 Å². The molecule has 102 valence electrons. The van der Waals surface area contributed by atoms with Gasteiger partial charge in [0.2, 0.25) is 0 Å². The molecule has 0 heterocycles. The lowest BCUT2D eigenvalue weighted by Crippen LogP contribution is -2.30. The Hall–Kier alpha value is -0.820. The molecule has 3 nitrogen and oxygen atoms in total. The molecule has 0 aliphatic rings. The summed E-state index contributed by atoms with van der Waals surface area (Å²) in [7, 11) is 1.52. The van der Waals surface area contributed by atoms with Crippen molar-refractivity contribution in [3.05, 3.63) is 34.3 Å². The van der Waals surface area contributed by atoms with Crippen LogP contribution in [-0.2, 0) is 6.18 Å². The predicted octanol–water partition coefficient (Wildman–Crippen LogP) is 1.97. The minimum absolute atomic E-state index is 0.0267. The van der Waals surface area contributed by atoms with E-state index in [2.05, 4.69) is 5.32 Å². The molecule has 0 saturated heterocycles. The number of halogens is 4. The summed E-state index contributed by atoms with van der Waals surface area (Å²) >= 11 is 5.51. The molecule has 1 rings (SSSR count). The Balaban J connectivity index is 3.15. The van der Waals surface area contributed by atoms with Gasteiger partial charge in [0.05, 0.1) is 11.7 Å². The fourth-order valence-corrected chi connectivity index (χ4v) is 1.73. The van der Waals surface area contributed by atoms with Gasteiger partial charge >= 0.3 is 6.18 Å². The van der Waals surface area contributed by atoms with Gasteiger partial charge in [0.25, 0.3) is 0 Å². The van der Waals surface area contributed by atoms with Crippen LogP contribution >= 0.6 is 11.6 Å². The van der Waals surface area contributed by atoms with Crippen molar-refractivity contribution in [2.24, 2.45) is 0 Å². The molecule has 0 aliphatic carbocycles. The third-order valence-corrected chi connectivity index (χ3v) is 2.65. The lowest BCUT2D eigenvalue weighted by atomic mass is 9.98. The van der Waals surface area contributed by atoms with Gasteiger partial charge < -0.3 is 15.5 Å². The Kier molecular flexibility index (Phi) is 4.98.